The smallest absolute Gasteiger partial charge is 0.0340 e. The number of likely N-dealkylation sites (tertiary alicyclic amines) is 1. The second kappa shape index (κ2) is 5.96. The maximum Gasteiger partial charge on any atom is 0.0340 e. The van der Waals surface area contributed by atoms with Crippen LogP contribution in [0.1, 0.15) is 38.5 Å². The Labute approximate surface area is 117 Å². The molecule has 2 fully saturated rings. The van der Waals surface area contributed by atoms with Crippen molar-refractivity contribution in [1.29, 1.82) is 0 Å². The van der Waals surface area contributed by atoms with Crippen LogP contribution < -0.4 is 5.32 Å². The van der Waals surface area contributed by atoms with Crippen LogP contribution in [0.2, 0.25) is 0 Å². The number of nitrogens with zero attached hydrogens (tertiary/aromatic N) is 1. The molecule has 3 rings (SSSR count). The third-order valence-electron chi connectivity index (χ3n) is 5.11. The van der Waals surface area contributed by atoms with Crippen molar-refractivity contribution in [3.8, 4) is 0 Å². The fourth-order valence-corrected chi connectivity index (χ4v) is 3.79. The second-order valence-corrected chi connectivity index (χ2v) is 6.34. The van der Waals surface area contributed by atoms with E-state index >= 15 is 0 Å². The molecular formula is C17H26N2. The Morgan fingerprint density at radius 1 is 0.947 bits per heavy atom. The van der Waals surface area contributed by atoms with Gasteiger partial charge in [0.2, 0.25) is 0 Å². The number of nitrogens with one attached hydrogen (secondary N) is 1. The molecule has 1 saturated carbocycles. The van der Waals surface area contributed by atoms with Crippen LogP contribution in [0.5, 0.6) is 0 Å². The van der Waals surface area contributed by atoms with E-state index in [1.165, 1.54) is 63.8 Å². The maximum absolute atomic E-state index is 3.51. The van der Waals surface area contributed by atoms with Gasteiger partial charge in [0.05, 0.1) is 0 Å². The zero-order valence-corrected chi connectivity index (χ0v) is 11.9. The second-order valence-electron chi connectivity index (χ2n) is 6.34. The van der Waals surface area contributed by atoms with Crippen LogP contribution in [0, 0.1) is 5.41 Å². The van der Waals surface area contributed by atoms with Crippen LogP contribution in [0.25, 0.3) is 0 Å². The van der Waals surface area contributed by atoms with E-state index in [-0.39, 0.29) is 0 Å². The van der Waals surface area contributed by atoms with Crippen LogP contribution in [0.4, 0.5) is 5.69 Å². The number of anilines is 1. The Morgan fingerprint density at radius 3 is 2.32 bits per heavy atom. The molecule has 0 aromatic heterocycles. The molecule has 1 aromatic rings. The topological polar surface area (TPSA) is 15.3 Å². The van der Waals surface area contributed by atoms with E-state index in [1.54, 1.807) is 0 Å². The number of para-hydroxylation sites is 1. The average Bonchev–Trinajstić information content (AvgIpc) is 2.91. The molecule has 1 spiro atoms. The van der Waals surface area contributed by atoms with Crippen LogP contribution in [-0.2, 0) is 0 Å². The summed E-state index contributed by atoms with van der Waals surface area (Å²) in [6.45, 7) is 4.88. The van der Waals surface area contributed by atoms with Gasteiger partial charge in [-0.1, -0.05) is 31.0 Å². The third-order valence-corrected chi connectivity index (χ3v) is 5.11. The summed E-state index contributed by atoms with van der Waals surface area (Å²) < 4.78 is 0. The molecule has 0 unspecified atom stereocenters. The molecule has 0 atom stereocenters. The van der Waals surface area contributed by atoms with Gasteiger partial charge in [-0.15, -0.1) is 0 Å². The van der Waals surface area contributed by atoms with E-state index < -0.39 is 0 Å². The normalized spacial score (nSPS) is 22.7. The van der Waals surface area contributed by atoms with Crippen molar-refractivity contribution in [2.75, 3.05) is 31.5 Å². The molecule has 1 aliphatic carbocycles. The van der Waals surface area contributed by atoms with Gasteiger partial charge >= 0.3 is 0 Å². The van der Waals surface area contributed by atoms with Crippen molar-refractivity contribution in [2.45, 2.75) is 38.5 Å². The Balaban J connectivity index is 1.38. The predicted octanol–water partition coefficient (Wildman–Crippen LogP) is 3.75. The average molecular weight is 258 g/mol. The summed E-state index contributed by atoms with van der Waals surface area (Å²) in [5.41, 5.74) is 2.00. The first-order valence-electron chi connectivity index (χ1n) is 7.88. The summed E-state index contributed by atoms with van der Waals surface area (Å²) in [5.74, 6) is 0. The molecule has 1 heterocycles. The molecule has 0 bridgehead atoms. The summed E-state index contributed by atoms with van der Waals surface area (Å²) in [7, 11) is 0. The quantitative estimate of drug-likeness (QED) is 0.884. The Bertz CT molecular complexity index is 372. The molecular weight excluding hydrogens is 232 g/mol. The molecule has 19 heavy (non-hydrogen) atoms. The first kappa shape index (κ1) is 13.0. The van der Waals surface area contributed by atoms with E-state index in [9.17, 15) is 0 Å². The minimum atomic E-state index is 0.753. The zero-order chi connectivity index (χ0) is 13.0. The highest BCUT2D eigenvalue weighted by atomic mass is 15.1. The lowest BCUT2D eigenvalue weighted by molar-refractivity contribution is 0.112. The lowest BCUT2D eigenvalue weighted by Crippen LogP contribution is -2.40. The van der Waals surface area contributed by atoms with Crippen LogP contribution in [0.3, 0.4) is 0 Å². The molecule has 2 aliphatic rings. The number of piperidine rings is 1. The Kier molecular flexibility index (Phi) is 4.07. The van der Waals surface area contributed by atoms with Gasteiger partial charge in [-0.2, -0.15) is 0 Å². The van der Waals surface area contributed by atoms with E-state index in [4.69, 9.17) is 0 Å². The lowest BCUT2D eigenvalue weighted by Gasteiger charge is -2.39. The van der Waals surface area contributed by atoms with Crippen molar-refractivity contribution in [2.24, 2.45) is 5.41 Å². The van der Waals surface area contributed by atoms with Crippen molar-refractivity contribution in [3.63, 3.8) is 0 Å². The van der Waals surface area contributed by atoms with Crippen molar-refractivity contribution in [1.82, 2.24) is 4.90 Å². The molecule has 2 heteroatoms. The number of rotatable bonds is 4. The minimum Gasteiger partial charge on any atom is -0.384 e. The minimum absolute atomic E-state index is 0.753. The van der Waals surface area contributed by atoms with Crippen LogP contribution in [0.15, 0.2) is 30.3 Å². The molecule has 1 aliphatic heterocycles. The van der Waals surface area contributed by atoms with E-state index in [0.29, 0.717) is 0 Å². The van der Waals surface area contributed by atoms with Crippen LogP contribution in [-0.4, -0.2) is 31.1 Å². The molecule has 0 radical (unpaired) electrons. The molecule has 0 amide bonds. The third kappa shape index (κ3) is 3.30. The fourth-order valence-electron chi connectivity index (χ4n) is 3.79. The molecule has 1 aromatic carbocycles. The first-order valence-corrected chi connectivity index (χ1v) is 7.88. The van der Waals surface area contributed by atoms with E-state index in [0.717, 1.165) is 12.0 Å². The van der Waals surface area contributed by atoms with Gasteiger partial charge in [0, 0.05) is 18.8 Å². The van der Waals surface area contributed by atoms with Gasteiger partial charge in [-0.3, -0.25) is 0 Å². The number of benzene rings is 1. The highest BCUT2D eigenvalue weighted by molar-refractivity contribution is 5.42. The van der Waals surface area contributed by atoms with E-state index in [1.807, 2.05) is 0 Å². The molecule has 104 valence electrons. The molecule has 1 saturated heterocycles. The molecule has 2 nitrogen and oxygen atoms in total. The summed E-state index contributed by atoms with van der Waals surface area (Å²) in [6.07, 6.45) is 8.86. The van der Waals surface area contributed by atoms with Gasteiger partial charge in [-0.05, 0) is 56.3 Å². The summed E-state index contributed by atoms with van der Waals surface area (Å²) >= 11 is 0. The SMILES string of the molecule is c1ccc(NCCN2CCC3(CCCC3)CC2)cc1. The number of hydrogen-bond acceptors (Lipinski definition) is 2. The summed E-state index contributed by atoms with van der Waals surface area (Å²) in [5, 5.41) is 3.51. The molecule has 1 N–H and O–H groups in total. The largest absolute Gasteiger partial charge is 0.384 e. The van der Waals surface area contributed by atoms with Crippen molar-refractivity contribution >= 4 is 5.69 Å². The van der Waals surface area contributed by atoms with Gasteiger partial charge < -0.3 is 10.2 Å². The van der Waals surface area contributed by atoms with Gasteiger partial charge in [0.25, 0.3) is 0 Å². The number of hydrogen-bond donors (Lipinski definition) is 1. The summed E-state index contributed by atoms with van der Waals surface area (Å²) in [4.78, 5) is 2.64. The van der Waals surface area contributed by atoms with E-state index in [2.05, 4.69) is 40.5 Å². The highest BCUT2D eigenvalue weighted by Crippen LogP contribution is 2.45. The Hall–Kier alpha value is -1.02. The Morgan fingerprint density at radius 2 is 1.63 bits per heavy atom. The highest BCUT2D eigenvalue weighted by Gasteiger charge is 2.36. The maximum atomic E-state index is 3.51. The van der Waals surface area contributed by atoms with Gasteiger partial charge in [0.1, 0.15) is 0 Å². The first-order chi connectivity index (χ1) is 9.36. The predicted molar refractivity (Wildman–Crippen MR) is 81.5 cm³/mol. The van der Waals surface area contributed by atoms with Gasteiger partial charge in [-0.25, -0.2) is 0 Å². The fraction of sp³-hybridized carbons (Fsp3) is 0.647. The summed E-state index contributed by atoms with van der Waals surface area (Å²) in [6, 6.07) is 10.5. The van der Waals surface area contributed by atoms with Crippen LogP contribution >= 0.6 is 0 Å². The van der Waals surface area contributed by atoms with Crippen molar-refractivity contribution in [3.05, 3.63) is 30.3 Å². The zero-order valence-electron chi connectivity index (χ0n) is 11.9. The monoisotopic (exact) mass is 258 g/mol. The lowest BCUT2D eigenvalue weighted by atomic mass is 9.77. The standard InChI is InChI=1S/C17H26N2/c1-2-6-16(7-3-1)18-12-15-19-13-10-17(11-14-19)8-4-5-9-17/h1-3,6-7,18H,4-5,8-15H2. The van der Waals surface area contributed by atoms with Gasteiger partial charge in [0.15, 0.2) is 0 Å². The van der Waals surface area contributed by atoms with Crippen molar-refractivity contribution < 1.29 is 0 Å².